The zero-order chi connectivity index (χ0) is 25.6. The topological polar surface area (TPSA) is 98.5 Å². The maximum atomic E-state index is 15.5. The van der Waals surface area contributed by atoms with Gasteiger partial charge in [-0.2, -0.15) is 5.10 Å². The van der Waals surface area contributed by atoms with E-state index in [9.17, 15) is 0 Å². The van der Waals surface area contributed by atoms with Crippen molar-refractivity contribution in [2.45, 2.75) is 50.8 Å². The Kier molecular flexibility index (Phi) is 6.66. The second kappa shape index (κ2) is 10.3. The number of fused-ring (bicyclic) bond motifs is 4. The molecule has 0 amide bonds. The quantitative estimate of drug-likeness (QED) is 0.278. The Morgan fingerprint density at radius 1 is 0.974 bits per heavy atom. The molecule has 200 valence electrons. The molecule has 2 fully saturated rings. The summed E-state index contributed by atoms with van der Waals surface area (Å²) in [4.78, 5) is 12.9. The number of nitrogens with zero attached hydrogens (tertiary/aromatic N) is 5. The second-order valence-corrected chi connectivity index (χ2v) is 9.95. The molecule has 2 atom stereocenters. The van der Waals surface area contributed by atoms with Crippen molar-refractivity contribution < 1.29 is 13.9 Å². The van der Waals surface area contributed by atoms with Crippen molar-refractivity contribution in [1.82, 2.24) is 29.9 Å². The summed E-state index contributed by atoms with van der Waals surface area (Å²) in [7, 11) is 0. The molecule has 0 spiro atoms. The summed E-state index contributed by atoms with van der Waals surface area (Å²) in [5.41, 5.74) is 2.06. The van der Waals surface area contributed by atoms with Crippen LogP contribution in [0.4, 0.5) is 15.9 Å². The van der Waals surface area contributed by atoms with E-state index in [0.29, 0.717) is 46.3 Å². The standard InChI is InChI=1S/C28H26FN7O2.ClH/c1-16-25(38-20-8-9-36-26(13-20)31-15-33-36)7-6-24(27(16)29)35-28-22-12-19(4-5-23(22)30-14-32-28)37-21-10-17-2-3-18(11-21)34-17;/h4-9,12-15,17-18,21,34H,2-3,10-11H2,1H3,(H,30,32,35);1H. The van der Waals surface area contributed by atoms with E-state index in [-0.39, 0.29) is 18.5 Å². The zero-order valence-electron chi connectivity index (χ0n) is 21.2. The predicted octanol–water partition coefficient (Wildman–Crippen LogP) is 5.74. The molecular formula is C28H27ClFN7O2. The van der Waals surface area contributed by atoms with Crippen LogP contribution >= 0.6 is 12.4 Å². The lowest BCUT2D eigenvalue weighted by atomic mass is 10.0. The van der Waals surface area contributed by atoms with Crippen molar-refractivity contribution in [2.75, 3.05) is 5.32 Å². The number of anilines is 2. The lowest BCUT2D eigenvalue weighted by Gasteiger charge is -2.29. The summed E-state index contributed by atoms with van der Waals surface area (Å²) in [6.45, 7) is 1.68. The van der Waals surface area contributed by atoms with Gasteiger partial charge in [-0.25, -0.2) is 23.9 Å². The third-order valence-electron chi connectivity index (χ3n) is 7.41. The number of hydrogen-bond acceptors (Lipinski definition) is 8. The fraction of sp³-hybridized carbons (Fsp3) is 0.286. The van der Waals surface area contributed by atoms with Gasteiger partial charge in [-0.3, -0.25) is 0 Å². The first kappa shape index (κ1) is 25.3. The monoisotopic (exact) mass is 547 g/mol. The SMILES string of the molecule is Cc1c(Oc2ccn3ncnc3c2)ccc(Nc2ncnc3ccc(OC4CC5CCC(C4)N5)cc23)c1F.Cl. The second-order valence-electron chi connectivity index (χ2n) is 9.95. The number of nitrogens with one attached hydrogen (secondary N) is 2. The van der Waals surface area contributed by atoms with Crippen LogP contribution in [0.2, 0.25) is 0 Å². The number of pyridine rings is 1. The van der Waals surface area contributed by atoms with Gasteiger partial charge in [0.15, 0.2) is 11.5 Å². The molecule has 0 aliphatic carbocycles. The molecule has 2 bridgehead atoms. The van der Waals surface area contributed by atoms with Crippen molar-refractivity contribution in [3.63, 3.8) is 0 Å². The minimum Gasteiger partial charge on any atom is -0.490 e. The van der Waals surface area contributed by atoms with E-state index in [1.54, 1.807) is 41.9 Å². The highest BCUT2D eigenvalue weighted by molar-refractivity contribution is 5.91. The molecule has 5 heterocycles. The summed E-state index contributed by atoms with van der Waals surface area (Å²) >= 11 is 0. The van der Waals surface area contributed by atoms with Crippen molar-refractivity contribution in [1.29, 1.82) is 0 Å². The average Bonchev–Trinajstić information content (AvgIpc) is 3.53. The number of ether oxygens (including phenoxy) is 2. The van der Waals surface area contributed by atoms with Crippen LogP contribution in [0.3, 0.4) is 0 Å². The Labute approximate surface area is 230 Å². The van der Waals surface area contributed by atoms with E-state index in [1.807, 2.05) is 18.2 Å². The molecule has 2 unspecified atom stereocenters. The lowest BCUT2D eigenvalue weighted by molar-refractivity contribution is 0.137. The van der Waals surface area contributed by atoms with Crippen LogP contribution < -0.4 is 20.1 Å². The Morgan fingerprint density at radius 3 is 2.67 bits per heavy atom. The molecule has 7 rings (SSSR count). The Hall–Kier alpha value is -4.02. The molecule has 2 N–H and O–H groups in total. The van der Waals surface area contributed by atoms with Gasteiger partial charge in [0.1, 0.15) is 41.8 Å². The van der Waals surface area contributed by atoms with Crippen LogP contribution in [0.5, 0.6) is 17.2 Å². The van der Waals surface area contributed by atoms with Gasteiger partial charge in [-0.1, -0.05) is 0 Å². The van der Waals surface area contributed by atoms with Crippen LogP contribution in [0.25, 0.3) is 16.6 Å². The highest BCUT2D eigenvalue weighted by Gasteiger charge is 2.34. The van der Waals surface area contributed by atoms with E-state index in [0.717, 1.165) is 29.5 Å². The van der Waals surface area contributed by atoms with E-state index in [1.165, 1.54) is 25.5 Å². The lowest BCUT2D eigenvalue weighted by Crippen LogP contribution is -2.42. The van der Waals surface area contributed by atoms with Crippen molar-refractivity contribution in [2.24, 2.45) is 0 Å². The van der Waals surface area contributed by atoms with Crippen molar-refractivity contribution in [3.8, 4) is 17.2 Å². The molecule has 9 nitrogen and oxygen atoms in total. The smallest absolute Gasteiger partial charge is 0.158 e. The first-order valence-electron chi connectivity index (χ1n) is 12.8. The largest absolute Gasteiger partial charge is 0.490 e. The number of aromatic nitrogens is 5. The van der Waals surface area contributed by atoms with E-state index >= 15 is 4.39 Å². The maximum Gasteiger partial charge on any atom is 0.158 e. The summed E-state index contributed by atoms with van der Waals surface area (Å²) in [6.07, 6.45) is 9.32. The third kappa shape index (κ3) is 4.93. The van der Waals surface area contributed by atoms with Crippen molar-refractivity contribution >= 4 is 40.5 Å². The van der Waals surface area contributed by atoms with Crippen LogP contribution in [-0.2, 0) is 0 Å². The minimum atomic E-state index is -0.421. The van der Waals surface area contributed by atoms with Gasteiger partial charge in [0.2, 0.25) is 0 Å². The highest BCUT2D eigenvalue weighted by atomic mass is 35.5. The first-order valence-corrected chi connectivity index (χ1v) is 12.8. The van der Waals surface area contributed by atoms with Crippen LogP contribution in [-0.4, -0.2) is 42.8 Å². The van der Waals surface area contributed by atoms with Gasteiger partial charge in [0.05, 0.1) is 11.2 Å². The molecule has 11 heteroatoms. The summed E-state index contributed by atoms with van der Waals surface area (Å²) < 4.78 is 29.4. The minimum absolute atomic E-state index is 0. The summed E-state index contributed by atoms with van der Waals surface area (Å²) in [5.74, 6) is 1.82. The zero-order valence-corrected chi connectivity index (χ0v) is 22.0. The van der Waals surface area contributed by atoms with Gasteiger partial charge < -0.3 is 20.1 Å². The summed E-state index contributed by atoms with van der Waals surface area (Å²) in [5, 5.41) is 11.6. The Balaban J connectivity index is 0.00000277. The van der Waals surface area contributed by atoms with Crippen molar-refractivity contribution in [3.05, 3.63) is 72.7 Å². The van der Waals surface area contributed by atoms with E-state index in [2.05, 4.69) is 30.7 Å². The number of piperidine rings is 1. The molecule has 2 aliphatic heterocycles. The molecule has 2 aromatic carbocycles. The molecular weight excluding hydrogens is 521 g/mol. The molecule has 0 radical (unpaired) electrons. The van der Waals surface area contributed by atoms with Gasteiger partial charge in [0.25, 0.3) is 0 Å². The van der Waals surface area contributed by atoms with E-state index < -0.39 is 5.82 Å². The number of halogens is 2. The van der Waals surface area contributed by atoms with Crippen LogP contribution in [0.1, 0.15) is 31.2 Å². The van der Waals surface area contributed by atoms with Gasteiger partial charge in [-0.05, 0) is 69.0 Å². The van der Waals surface area contributed by atoms with Gasteiger partial charge >= 0.3 is 0 Å². The Bertz CT molecular complexity index is 1650. The fourth-order valence-electron chi connectivity index (χ4n) is 5.49. The predicted molar refractivity (Wildman–Crippen MR) is 148 cm³/mol. The average molecular weight is 548 g/mol. The number of benzene rings is 2. The molecule has 2 saturated heterocycles. The first-order chi connectivity index (χ1) is 18.6. The Morgan fingerprint density at radius 2 is 1.82 bits per heavy atom. The van der Waals surface area contributed by atoms with Gasteiger partial charge in [0, 0.05) is 35.3 Å². The normalized spacial score (nSPS) is 20.1. The molecule has 5 aromatic rings. The molecule has 0 saturated carbocycles. The number of hydrogen-bond donors (Lipinski definition) is 2. The molecule has 3 aromatic heterocycles. The fourth-order valence-corrected chi connectivity index (χ4v) is 5.49. The van der Waals surface area contributed by atoms with E-state index in [4.69, 9.17) is 9.47 Å². The van der Waals surface area contributed by atoms with Gasteiger partial charge in [-0.15, -0.1) is 12.4 Å². The highest BCUT2D eigenvalue weighted by Crippen LogP contribution is 2.35. The van der Waals surface area contributed by atoms with Crippen LogP contribution in [0.15, 0.2) is 61.3 Å². The summed E-state index contributed by atoms with van der Waals surface area (Å²) in [6, 6.07) is 13.8. The molecule has 2 aliphatic rings. The maximum absolute atomic E-state index is 15.5. The number of rotatable bonds is 6. The van der Waals surface area contributed by atoms with Crippen LogP contribution in [0, 0.1) is 12.7 Å². The third-order valence-corrected chi connectivity index (χ3v) is 7.41. The molecule has 39 heavy (non-hydrogen) atoms.